The second kappa shape index (κ2) is 6.47. The molecule has 0 aliphatic heterocycles. The molecule has 0 aliphatic rings. The van der Waals surface area contributed by atoms with Crippen LogP contribution in [0.3, 0.4) is 0 Å². The molecular formula is C13H24N2OS. The third kappa shape index (κ3) is 5.15. The minimum absolute atomic E-state index is 0.154. The van der Waals surface area contributed by atoms with Crippen molar-refractivity contribution in [3.8, 4) is 0 Å². The van der Waals surface area contributed by atoms with Crippen molar-refractivity contribution in [3.05, 3.63) is 16.1 Å². The van der Waals surface area contributed by atoms with Crippen LogP contribution in [0, 0.1) is 0 Å². The Hall–Kier alpha value is -0.450. The summed E-state index contributed by atoms with van der Waals surface area (Å²) >= 11 is 1.74. The molecule has 98 valence electrons. The van der Waals surface area contributed by atoms with E-state index >= 15 is 0 Å². The minimum atomic E-state index is 0.154. The van der Waals surface area contributed by atoms with Crippen LogP contribution in [0.15, 0.2) is 5.38 Å². The molecule has 0 radical (unpaired) electrons. The van der Waals surface area contributed by atoms with Gasteiger partial charge in [0.1, 0.15) is 0 Å². The Bertz CT molecular complexity index is 330. The van der Waals surface area contributed by atoms with Gasteiger partial charge in [0, 0.05) is 30.5 Å². The van der Waals surface area contributed by atoms with Gasteiger partial charge in [-0.25, -0.2) is 4.98 Å². The minimum Gasteiger partial charge on any atom is -0.377 e. The van der Waals surface area contributed by atoms with E-state index in [1.54, 1.807) is 11.3 Å². The average Bonchev–Trinajstić information content (AvgIpc) is 2.66. The fourth-order valence-corrected chi connectivity index (χ4v) is 2.39. The van der Waals surface area contributed by atoms with Crippen molar-refractivity contribution < 1.29 is 4.74 Å². The van der Waals surface area contributed by atoms with Crippen molar-refractivity contribution in [3.63, 3.8) is 0 Å². The van der Waals surface area contributed by atoms with Crippen LogP contribution in [0.5, 0.6) is 0 Å². The molecule has 0 aromatic carbocycles. The molecule has 0 bridgehead atoms. The maximum atomic E-state index is 5.46. The number of ether oxygens (including phenoxy) is 1. The second-order valence-corrected chi connectivity index (χ2v) is 6.15. The number of hydrogen-bond donors (Lipinski definition) is 1. The van der Waals surface area contributed by atoms with Crippen molar-refractivity contribution in [2.24, 2.45) is 0 Å². The van der Waals surface area contributed by atoms with Gasteiger partial charge in [-0.3, -0.25) is 0 Å². The van der Waals surface area contributed by atoms with E-state index in [1.165, 1.54) is 5.01 Å². The van der Waals surface area contributed by atoms with Gasteiger partial charge in [0.05, 0.1) is 16.8 Å². The summed E-state index contributed by atoms with van der Waals surface area (Å²) in [6.45, 7) is 13.2. The van der Waals surface area contributed by atoms with E-state index in [0.29, 0.717) is 0 Å². The molecule has 3 nitrogen and oxygen atoms in total. The standard InChI is InChI=1S/C13H24N2OS/c1-6-16-10(2)7-14-8-11-9-17-12(15-11)13(3,4)5/h9-10,14H,6-8H2,1-5H3. The van der Waals surface area contributed by atoms with Crippen LogP contribution >= 0.6 is 11.3 Å². The Balaban J connectivity index is 2.35. The molecule has 0 saturated carbocycles. The van der Waals surface area contributed by atoms with Crippen LogP contribution in [0.1, 0.15) is 45.3 Å². The Morgan fingerprint density at radius 2 is 2.18 bits per heavy atom. The molecule has 1 atom stereocenters. The normalized spacial score (nSPS) is 13.9. The fourth-order valence-electron chi connectivity index (χ4n) is 1.48. The molecule has 0 amide bonds. The molecule has 0 fully saturated rings. The second-order valence-electron chi connectivity index (χ2n) is 5.29. The number of nitrogens with zero attached hydrogens (tertiary/aromatic N) is 1. The van der Waals surface area contributed by atoms with Crippen molar-refractivity contribution in [2.75, 3.05) is 13.2 Å². The Labute approximate surface area is 109 Å². The van der Waals surface area contributed by atoms with Gasteiger partial charge >= 0.3 is 0 Å². The van der Waals surface area contributed by atoms with Crippen LogP contribution in [0.2, 0.25) is 0 Å². The van der Waals surface area contributed by atoms with E-state index in [2.05, 4.69) is 43.4 Å². The first-order chi connectivity index (χ1) is 7.93. The topological polar surface area (TPSA) is 34.1 Å². The first-order valence-electron chi connectivity index (χ1n) is 6.20. The number of hydrogen-bond acceptors (Lipinski definition) is 4. The maximum Gasteiger partial charge on any atom is 0.0982 e. The van der Waals surface area contributed by atoms with Gasteiger partial charge in [-0.1, -0.05) is 20.8 Å². The lowest BCUT2D eigenvalue weighted by atomic mass is 9.98. The average molecular weight is 256 g/mol. The summed E-state index contributed by atoms with van der Waals surface area (Å²) in [7, 11) is 0. The Morgan fingerprint density at radius 1 is 1.47 bits per heavy atom. The van der Waals surface area contributed by atoms with E-state index in [9.17, 15) is 0 Å². The number of rotatable bonds is 6. The van der Waals surface area contributed by atoms with E-state index in [4.69, 9.17) is 4.74 Å². The number of nitrogens with one attached hydrogen (secondary N) is 1. The van der Waals surface area contributed by atoms with Crippen LogP contribution < -0.4 is 5.32 Å². The third-order valence-corrected chi connectivity index (χ3v) is 3.70. The molecule has 1 aromatic heterocycles. The highest BCUT2D eigenvalue weighted by atomic mass is 32.1. The molecule has 0 saturated heterocycles. The highest BCUT2D eigenvalue weighted by Crippen LogP contribution is 2.25. The van der Waals surface area contributed by atoms with Crippen molar-refractivity contribution in [2.45, 2.75) is 52.7 Å². The van der Waals surface area contributed by atoms with Crippen LogP contribution in [0.25, 0.3) is 0 Å². The van der Waals surface area contributed by atoms with Gasteiger partial charge in [-0.05, 0) is 13.8 Å². The van der Waals surface area contributed by atoms with Gasteiger partial charge < -0.3 is 10.1 Å². The van der Waals surface area contributed by atoms with Crippen molar-refractivity contribution in [1.29, 1.82) is 0 Å². The summed E-state index contributed by atoms with van der Waals surface area (Å²) in [6, 6.07) is 0. The largest absolute Gasteiger partial charge is 0.377 e. The predicted octanol–water partition coefficient (Wildman–Crippen LogP) is 2.96. The van der Waals surface area contributed by atoms with Crippen LogP contribution in [0.4, 0.5) is 0 Å². The lowest BCUT2D eigenvalue weighted by molar-refractivity contribution is 0.0759. The number of aromatic nitrogens is 1. The van der Waals surface area contributed by atoms with Crippen LogP contribution in [-0.2, 0) is 16.7 Å². The molecule has 1 aromatic rings. The Kier molecular flexibility index (Phi) is 5.56. The summed E-state index contributed by atoms with van der Waals surface area (Å²) in [5, 5.41) is 6.71. The zero-order valence-corrected chi connectivity index (χ0v) is 12.4. The predicted molar refractivity (Wildman–Crippen MR) is 73.6 cm³/mol. The molecule has 1 unspecified atom stereocenters. The van der Waals surface area contributed by atoms with Crippen molar-refractivity contribution >= 4 is 11.3 Å². The van der Waals surface area contributed by atoms with Gasteiger partial charge in [0.25, 0.3) is 0 Å². The molecule has 0 aliphatic carbocycles. The van der Waals surface area contributed by atoms with Crippen LogP contribution in [-0.4, -0.2) is 24.2 Å². The lowest BCUT2D eigenvalue weighted by Gasteiger charge is -2.14. The van der Waals surface area contributed by atoms with E-state index in [0.717, 1.165) is 25.4 Å². The lowest BCUT2D eigenvalue weighted by Crippen LogP contribution is -2.26. The van der Waals surface area contributed by atoms with E-state index in [-0.39, 0.29) is 11.5 Å². The molecule has 1 rings (SSSR count). The van der Waals surface area contributed by atoms with E-state index in [1.807, 2.05) is 6.92 Å². The highest BCUT2D eigenvalue weighted by Gasteiger charge is 2.17. The molecule has 1 N–H and O–H groups in total. The molecule has 0 spiro atoms. The summed E-state index contributed by atoms with van der Waals surface area (Å²) in [6.07, 6.45) is 0.265. The van der Waals surface area contributed by atoms with Gasteiger partial charge in [0.15, 0.2) is 0 Å². The first kappa shape index (κ1) is 14.6. The maximum absolute atomic E-state index is 5.46. The quantitative estimate of drug-likeness (QED) is 0.849. The molecule has 4 heteroatoms. The monoisotopic (exact) mass is 256 g/mol. The Morgan fingerprint density at radius 3 is 2.71 bits per heavy atom. The molecular weight excluding hydrogens is 232 g/mol. The molecule has 17 heavy (non-hydrogen) atoms. The zero-order chi connectivity index (χ0) is 12.9. The SMILES string of the molecule is CCOC(C)CNCc1csc(C(C)(C)C)n1. The van der Waals surface area contributed by atoms with Gasteiger partial charge in [0.2, 0.25) is 0 Å². The smallest absolute Gasteiger partial charge is 0.0982 e. The molecule has 1 heterocycles. The fraction of sp³-hybridized carbons (Fsp3) is 0.769. The van der Waals surface area contributed by atoms with Gasteiger partial charge in [-0.2, -0.15) is 0 Å². The van der Waals surface area contributed by atoms with Crippen molar-refractivity contribution in [1.82, 2.24) is 10.3 Å². The number of thiazole rings is 1. The van der Waals surface area contributed by atoms with Gasteiger partial charge in [-0.15, -0.1) is 11.3 Å². The highest BCUT2D eigenvalue weighted by molar-refractivity contribution is 7.09. The summed E-state index contributed by atoms with van der Waals surface area (Å²) < 4.78 is 5.46. The first-order valence-corrected chi connectivity index (χ1v) is 7.08. The third-order valence-electron chi connectivity index (χ3n) is 2.38. The summed E-state index contributed by atoms with van der Waals surface area (Å²) in [5.41, 5.74) is 1.28. The summed E-state index contributed by atoms with van der Waals surface area (Å²) in [5.74, 6) is 0. The summed E-state index contributed by atoms with van der Waals surface area (Å²) in [4.78, 5) is 4.64. The van der Waals surface area contributed by atoms with E-state index < -0.39 is 0 Å². The zero-order valence-electron chi connectivity index (χ0n) is 11.5.